The van der Waals surface area contributed by atoms with Crippen LogP contribution in [0.1, 0.15) is 24.5 Å². The van der Waals surface area contributed by atoms with Crippen LogP contribution in [0.2, 0.25) is 0 Å². The van der Waals surface area contributed by atoms with Crippen molar-refractivity contribution in [2.45, 2.75) is 18.9 Å². The van der Waals surface area contributed by atoms with Gasteiger partial charge in [0.05, 0.1) is 12.6 Å². The first-order valence-corrected chi connectivity index (χ1v) is 7.57. The Bertz CT molecular complexity index is 499. The summed E-state index contributed by atoms with van der Waals surface area (Å²) >= 11 is 0. The Labute approximate surface area is 130 Å². The summed E-state index contributed by atoms with van der Waals surface area (Å²) in [6.07, 6.45) is 1.22. The largest absolute Gasteiger partial charge is 0.388 e. The van der Waals surface area contributed by atoms with E-state index in [0.29, 0.717) is 0 Å². The van der Waals surface area contributed by atoms with E-state index in [0.717, 1.165) is 31.5 Å². The van der Waals surface area contributed by atoms with Crippen molar-refractivity contribution in [3.05, 3.63) is 35.9 Å². The molecule has 1 fully saturated rings. The Morgan fingerprint density at radius 1 is 1.27 bits per heavy atom. The van der Waals surface area contributed by atoms with Crippen LogP contribution < -0.4 is 10.6 Å². The average molecular weight is 305 g/mol. The van der Waals surface area contributed by atoms with Gasteiger partial charge >= 0.3 is 6.03 Å². The van der Waals surface area contributed by atoms with E-state index >= 15 is 0 Å². The standard InChI is InChI=1S/C16H23N3O3/c1-17-16(22)18-14(20)11-19-9-7-13(8-10-19)15(21)12-5-3-2-4-6-12/h2-6,13,15,21H,7-11H2,1H3,(H2,17,18,20,22)/t15-/m0/s1. The number of aliphatic hydroxyl groups excluding tert-OH is 1. The number of aliphatic hydroxyl groups is 1. The van der Waals surface area contributed by atoms with Gasteiger partial charge < -0.3 is 10.4 Å². The van der Waals surface area contributed by atoms with E-state index in [1.54, 1.807) is 0 Å². The third-order valence-corrected chi connectivity index (χ3v) is 4.07. The number of amides is 3. The molecule has 120 valence electrons. The summed E-state index contributed by atoms with van der Waals surface area (Å²) in [5.74, 6) is -0.0953. The van der Waals surface area contributed by atoms with E-state index in [4.69, 9.17) is 0 Å². The maximum absolute atomic E-state index is 11.7. The first-order chi connectivity index (χ1) is 10.6. The van der Waals surface area contributed by atoms with Crippen molar-refractivity contribution in [1.29, 1.82) is 0 Å². The van der Waals surface area contributed by atoms with Crippen LogP contribution in [0.15, 0.2) is 30.3 Å². The van der Waals surface area contributed by atoms with Crippen molar-refractivity contribution in [2.24, 2.45) is 5.92 Å². The van der Waals surface area contributed by atoms with E-state index < -0.39 is 12.1 Å². The number of likely N-dealkylation sites (tertiary alicyclic amines) is 1. The lowest BCUT2D eigenvalue weighted by molar-refractivity contribution is -0.121. The number of hydrogen-bond acceptors (Lipinski definition) is 4. The summed E-state index contributed by atoms with van der Waals surface area (Å²) in [5.41, 5.74) is 0.943. The molecular formula is C16H23N3O3. The predicted molar refractivity (Wildman–Crippen MR) is 83.2 cm³/mol. The first-order valence-electron chi connectivity index (χ1n) is 7.57. The normalized spacial score (nSPS) is 17.7. The van der Waals surface area contributed by atoms with Gasteiger partial charge in [0, 0.05) is 7.05 Å². The lowest BCUT2D eigenvalue weighted by Crippen LogP contribution is -2.45. The van der Waals surface area contributed by atoms with Gasteiger partial charge in [0.15, 0.2) is 0 Å². The van der Waals surface area contributed by atoms with Crippen molar-refractivity contribution in [3.63, 3.8) is 0 Å². The molecule has 0 aromatic heterocycles. The second-order valence-corrected chi connectivity index (χ2v) is 5.60. The Balaban J connectivity index is 1.78. The molecule has 0 unspecified atom stereocenters. The molecule has 0 saturated carbocycles. The molecule has 0 radical (unpaired) electrons. The fraction of sp³-hybridized carbons (Fsp3) is 0.500. The molecule has 0 bridgehead atoms. The van der Waals surface area contributed by atoms with Gasteiger partial charge in [-0.05, 0) is 37.4 Å². The summed E-state index contributed by atoms with van der Waals surface area (Å²) in [6, 6.07) is 9.18. The summed E-state index contributed by atoms with van der Waals surface area (Å²) < 4.78 is 0. The Morgan fingerprint density at radius 3 is 2.50 bits per heavy atom. The van der Waals surface area contributed by atoms with Gasteiger partial charge in [0.2, 0.25) is 5.91 Å². The highest BCUT2D eigenvalue weighted by Crippen LogP contribution is 2.30. The number of carbonyl (C=O) groups excluding carboxylic acids is 2. The zero-order valence-electron chi connectivity index (χ0n) is 12.8. The molecule has 22 heavy (non-hydrogen) atoms. The van der Waals surface area contributed by atoms with E-state index in [-0.39, 0.29) is 18.4 Å². The number of urea groups is 1. The molecule has 1 aliphatic rings. The van der Waals surface area contributed by atoms with Gasteiger partial charge in [-0.1, -0.05) is 30.3 Å². The molecule has 0 spiro atoms. The molecular weight excluding hydrogens is 282 g/mol. The predicted octanol–water partition coefficient (Wildman–Crippen LogP) is 0.888. The topological polar surface area (TPSA) is 81.7 Å². The van der Waals surface area contributed by atoms with Crippen LogP contribution in [-0.2, 0) is 4.79 Å². The molecule has 0 aliphatic carbocycles. The molecule has 1 aromatic rings. The fourth-order valence-corrected chi connectivity index (χ4v) is 2.78. The van der Waals surface area contributed by atoms with Crippen LogP contribution in [0.4, 0.5) is 4.79 Å². The second-order valence-electron chi connectivity index (χ2n) is 5.60. The van der Waals surface area contributed by atoms with Crippen LogP contribution in [0, 0.1) is 5.92 Å². The van der Waals surface area contributed by atoms with E-state index in [9.17, 15) is 14.7 Å². The number of hydrogen-bond donors (Lipinski definition) is 3. The lowest BCUT2D eigenvalue weighted by Gasteiger charge is -2.33. The van der Waals surface area contributed by atoms with Crippen LogP contribution in [0.3, 0.4) is 0 Å². The number of benzene rings is 1. The zero-order chi connectivity index (χ0) is 15.9. The third kappa shape index (κ3) is 4.54. The second kappa shape index (κ2) is 7.91. The molecule has 1 atom stereocenters. The molecule has 6 heteroatoms. The minimum Gasteiger partial charge on any atom is -0.388 e. The number of piperidine rings is 1. The van der Waals surface area contributed by atoms with Crippen LogP contribution in [0.25, 0.3) is 0 Å². The van der Waals surface area contributed by atoms with Gasteiger partial charge in [-0.15, -0.1) is 0 Å². The summed E-state index contributed by atoms with van der Waals surface area (Å²) in [7, 11) is 1.47. The van der Waals surface area contributed by atoms with Gasteiger partial charge in [0.1, 0.15) is 0 Å². The number of nitrogens with one attached hydrogen (secondary N) is 2. The van der Waals surface area contributed by atoms with Crippen LogP contribution in [-0.4, -0.2) is 48.6 Å². The minimum atomic E-state index is -0.487. The first kappa shape index (κ1) is 16.5. The molecule has 1 saturated heterocycles. The van der Waals surface area contributed by atoms with E-state index in [2.05, 4.69) is 10.6 Å². The smallest absolute Gasteiger partial charge is 0.321 e. The monoisotopic (exact) mass is 305 g/mol. The van der Waals surface area contributed by atoms with Crippen molar-refractivity contribution in [1.82, 2.24) is 15.5 Å². The van der Waals surface area contributed by atoms with Gasteiger partial charge in [-0.25, -0.2) is 4.79 Å². The Morgan fingerprint density at radius 2 is 1.91 bits per heavy atom. The average Bonchev–Trinajstić information content (AvgIpc) is 2.55. The van der Waals surface area contributed by atoms with Crippen LogP contribution >= 0.6 is 0 Å². The molecule has 3 N–H and O–H groups in total. The molecule has 6 nitrogen and oxygen atoms in total. The lowest BCUT2D eigenvalue weighted by atomic mass is 9.87. The van der Waals surface area contributed by atoms with Crippen molar-refractivity contribution in [3.8, 4) is 0 Å². The maximum atomic E-state index is 11.7. The maximum Gasteiger partial charge on any atom is 0.321 e. The molecule has 3 amide bonds. The van der Waals surface area contributed by atoms with Crippen molar-refractivity contribution < 1.29 is 14.7 Å². The van der Waals surface area contributed by atoms with Crippen LogP contribution in [0.5, 0.6) is 0 Å². The number of rotatable bonds is 4. The highest BCUT2D eigenvalue weighted by Gasteiger charge is 2.27. The molecule has 1 aromatic carbocycles. The summed E-state index contributed by atoms with van der Waals surface area (Å²) in [5, 5.41) is 15.0. The van der Waals surface area contributed by atoms with Gasteiger partial charge in [-0.2, -0.15) is 0 Å². The fourth-order valence-electron chi connectivity index (χ4n) is 2.78. The third-order valence-electron chi connectivity index (χ3n) is 4.07. The Kier molecular flexibility index (Phi) is 5.91. The van der Waals surface area contributed by atoms with Crippen molar-refractivity contribution in [2.75, 3.05) is 26.7 Å². The van der Waals surface area contributed by atoms with Gasteiger partial charge in [-0.3, -0.25) is 15.0 Å². The van der Waals surface area contributed by atoms with E-state index in [1.807, 2.05) is 35.2 Å². The molecule has 2 rings (SSSR count). The molecule has 1 aliphatic heterocycles. The summed E-state index contributed by atoms with van der Waals surface area (Å²) in [6.45, 7) is 1.70. The number of carbonyl (C=O) groups is 2. The van der Waals surface area contributed by atoms with Crippen molar-refractivity contribution >= 4 is 11.9 Å². The number of nitrogens with zero attached hydrogens (tertiary/aromatic N) is 1. The minimum absolute atomic E-state index is 0.209. The molecule has 1 heterocycles. The number of imide groups is 1. The Hall–Kier alpha value is -1.92. The van der Waals surface area contributed by atoms with E-state index in [1.165, 1.54) is 7.05 Å². The SMILES string of the molecule is CNC(=O)NC(=O)CN1CCC([C@@H](O)c2ccccc2)CC1. The zero-order valence-corrected chi connectivity index (χ0v) is 12.8. The summed E-state index contributed by atoms with van der Waals surface area (Å²) in [4.78, 5) is 24.7. The highest BCUT2D eigenvalue weighted by atomic mass is 16.3. The van der Waals surface area contributed by atoms with Gasteiger partial charge in [0.25, 0.3) is 0 Å². The highest BCUT2D eigenvalue weighted by molar-refractivity contribution is 5.95. The quantitative estimate of drug-likeness (QED) is 0.771.